The van der Waals surface area contributed by atoms with Gasteiger partial charge in [-0.1, -0.05) is 20.8 Å². The van der Waals surface area contributed by atoms with Crippen molar-refractivity contribution in [1.82, 2.24) is 0 Å². The molecule has 17 heavy (non-hydrogen) atoms. The summed E-state index contributed by atoms with van der Waals surface area (Å²) in [5.41, 5.74) is 10.3. The van der Waals surface area contributed by atoms with Gasteiger partial charge in [-0.05, 0) is 58.5 Å². The average molecular weight is 370 g/mol. The molecule has 0 radical (unpaired) electrons. The van der Waals surface area contributed by atoms with E-state index in [2.05, 4.69) is 50.3 Å². The molecule has 0 heterocycles. The molecule has 0 aliphatic heterocycles. The molecule has 1 aromatic rings. The van der Waals surface area contributed by atoms with Gasteiger partial charge in [-0.2, -0.15) is 0 Å². The van der Waals surface area contributed by atoms with Crippen LogP contribution in [0, 0.1) is 17.4 Å². The van der Waals surface area contributed by atoms with Crippen LogP contribution in [0.4, 0.5) is 0 Å². The topological polar surface area (TPSA) is 46.2 Å². The van der Waals surface area contributed by atoms with Crippen LogP contribution in [0.2, 0.25) is 0 Å². The molecule has 0 spiro atoms. The summed E-state index contributed by atoms with van der Waals surface area (Å²) in [6.07, 6.45) is 0. The van der Waals surface area contributed by atoms with Gasteiger partial charge in [0.1, 0.15) is 5.75 Å². The van der Waals surface area contributed by atoms with Crippen LogP contribution in [-0.2, 0) is 12.0 Å². The maximum Gasteiger partial charge on any atom is 0.133 e. The van der Waals surface area contributed by atoms with Gasteiger partial charge in [0.2, 0.25) is 0 Å². The summed E-state index contributed by atoms with van der Waals surface area (Å²) in [7, 11) is 0. The van der Waals surface area contributed by atoms with E-state index in [1.54, 1.807) is 0 Å². The number of rotatable bonds is 1. The van der Waals surface area contributed by atoms with Crippen molar-refractivity contribution >= 4 is 35.0 Å². The minimum Gasteiger partial charge on any atom is -0.506 e. The first-order valence-electron chi connectivity index (χ1n) is 5.42. The first kappa shape index (κ1) is 17.0. The predicted molar refractivity (Wildman–Crippen MR) is 84.1 cm³/mol. The maximum absolute atomic E-state index is 10.1. The van der Waals surface area contributed by atoms with Crippen LogP contribution in [0.5, 0.6) is 5.75 Å². The molecule has 0 amide bonds. The molecule has 4 heteroatoms. The molecule has 0 fully saturated rings. The van der Waals surface area contributed by atoms with E-state index in [1.807, 2.05) is 6.92 Å². The van der Waals surface area contributed by atoms with Crippen molar-refractivity contribution in [2.75, 3.05) is 0 Å². The van der Waals surface area contributed by atoms with Gasteiger partial charge >= 0.3 is 0 Å². The van der Waals surface area contributed by atoms with Gasteiger partial charge in [0.15, 0.2) is 0 Å². The van der Waals surface area contributed by atoms with Crippen LogP contribution in [0.15, 0.2) is 0 Å². The lowest BCUT2D eigenvalue weighted by atomic mass is 9.79. The Labute approximate surface area is 124 Å². The van der Waals surface area contributed by atoms with Crippen molar-refractivity contribution in [3.8, 4) is 5.75 Å². The molecule has 1 aromatic carbocycles. The van der Waals surface area contributed by atoms with Gasteiger partial charge < -0.3 is 10.8 Å². The van der Waals surface area contributed by atoms with E-state index in [0.29, 0.717) is 12.3 Å². The van der Waals surface area contributed by atoms with Crippen LogP contribution in [0.1, 0.15) is 43.0 Å². The van der Waals surface area contributed by atoms with Crippen LogP contribution >= 0.6 is 35.0 Å². The molecule has 0 aromatic heterocycles. The standard InChI is InChI=1S/C13H20INO.ClH/c1-7-9(6-15)12(16)11(14)8(2)10(7)13(3,4)5;/h16H,6,15H2,1-5H3;1H. The number of hydrogen-bond donors (Lipinski definition) is 2. The van der Waals surface area contributed by atoms with Crippen LogP contribution < -0.4 is 5.73 Å². The molecular weight excluding hydrogens is 349 g/mol. The summed E-state index contributed by atoms with van der Waals surface area (Å²) < 4.78 is 0.925. The molecule has 2 nitrogen and oxygen atoms in total. The van der Waals surface area contributed by atoms with Crippen molar-refractivity contribution < 1.29 is 5.11 Å². The fourth-order valence-electron chi connectivity index (χ4n) is 2.40. The Morgan fingerprint density at radius 1 is 1.18 bits per heavy atom. The lowest BCUT2D eigenvalue weighted by molar-refractivity contribution is 0.460. The molecule has 0 bridgehead atoms. The Kier molecular flexibility index (Phi) is 5.76. The lowest BCUT2D eigenvalue weighted by Crippen LogP contribution is -2.18. The summed E-state index contributed by atoms with van der Waals surface area (Å²) >= 11 is 2.19. The largest absolute Gasteiger partial charge is 0.506 e. The first-order valence-corrected chi connectivity index (χ1v) is 6.50. The van der Waals surface area contributed by atoms with Crippen molar-refractivity contribution in [1.29, 1.82) is 0 Å². The number of benzene rings is 1. The van der Waals surface area contributed by atoms with Gasteiger partial charge in [0.05, 0.1) is 3.57 Å². The highest BCUT2D eigenvalue weighted by molar-refractivity contribution is 14.1. The van der Waals surface area contributed by atoms with E-state index in [-0.39, 0.29) is 17.8 Å². The maximum atomic E-state index is 10.1. The predicted octanol–water partition coefficient (Wildman–Crippen LogP) is 3.79. The quantitative estimate of drug-likeness (QED) is 0.740. The third-order valence-corrected chi connectivity index (χ3v) is 4.30. The van der Waals surface area contributed by atoms with Crippen molar-refractivity contribution in [3.63, 3.8) is 0 Å². The third-order valence-electron chi connectivity index (χ3n) is 2.98. The van der Waals surface area contributed by atoms with Crippen molar-refractivity contribution in [3.05, 3.63) is 25.8 Å². The molecule has 0 aliphatic carbocycles. The van der Waals surface area contributed by atoms with E-state index < -0.39 is 0 Å². The van der Waals surface area contributed by atoms with Gasteiger partial charge in [0.25, 0.3) is 0 Å². The molecule has 1 rings (SSSR count). The Hall–Kier alpha value is -0.0000000000000000555. The molecule has 0 aliphatic rings. The van der Waals surface area contributed by atoms with Crippen LogP contribution in [0.3, 0.4) is 0 Å². The molecule has 3 N–H and O–H groups in total. The van der Waals surface area contributed by atoms with E-state index in [1.165, 1.54) is 11.1 Å². The highest BCUT2D eigenvalue weighted by Crippen LogP contribution is 2.38. The second kappa shape index (κ2) is 5.76. The summed E-state index contributed by atoms with van der Waals surface area (Å²) in [5.74, 6) is 0.353. The normalized spacial score (nSPS) is 11.2. The van der Waals surface area contributed by atoms with Crippen LogP contribution in [-0.4, -0.2) is 5.11 Å². The second-order valence-corrected chi connectivity index (χ2v) is 6.30. The Bertz CT molecular complexity index is 425. The minimum absolute atomic E-state index is 0. The number of aromatic hydroxyl groups is 1. The molecule has 0 atom stereocenters. The van der Waals surface area contributed by atoms with Crippen molar-refractivity contribution in [2.24, 2.45) is 5.73 Å². The average Bonchev–Trinajstić information content (AvgIpc) is 2.13. The van der Waals surface area contributed by atoms with E-state index in [9.17, 15) is 5.11 Å². The fourth-order valence-corrected chi connectivity index (χ4v) is 3.00. The summed E-state index contributed by atoms with van der Waals surface area (Å²) in [5, 5.41) is 10.1. The zero-order chi connectivity index (χ0) is 12.7. The minimum atomic E-state index is 0. The Morgan fingerprint density at radius 2 is 1.65 bits per heavy atom. The summed E-state index contributed by atoms with van der Waals surface area (Å²) in [6.45, 7) is 11.1. The molecule has 98 valence electrons. The summed E-state index contributed by atoms with van der Waals surface area (Å²) in [4.78, 5) is 0. The van der Waals surface area contributed by atoms with Crippen LogP contribution in [0.25, 0.3) is 0 Å². The fraction of sp³-hybridized carbons (Fsp3) is 0.538. The number of halogens is 2. The SMILES string of the molecule is Cc1c(I)c(O)c(CN)c(C)c1C(C)(C)C.Cl. The monoisotopic (exact) mass is 369 g/mol. The van der Waals surface area contributed by atoms with Gasteiger partial charge in [-0.25, -0.2) is 0 Å². The number of phenols is 1. The Balaban J connectivity index is 0.00000256. The van der Waals surface area contributed by atoms with Crippen molar-refractivity contribution in [2.45, 2.75) is 46.6 Å². The van der Waals surface area contributed by atoms with E-state index in [4.69, 9.17) is 5.73 Å². The zero-order valence-corrected chi connectivity index (χ0v) is 14.0. The molecule has 0 saturated carbocycles. The third kappa shape index (κ3) is 3.06. The van der Waals surface area contributed by atoms with Gasteiger partial charge in [0, 0.05) is 12.1 Å². The zero-order valence-electron chi connectivity index (χ0n) is 11.0. The molecule has 0 saturated heterocycles. The van der Waals surface area contributed by atoms with Gasteiger partial charge in [-0.3, -0.25) is 0 Å². The van der Waals surface area contributed by atoms with Gasteiger partial charge in [-0.15, -0.1) is 12.4 Å². The second-order valence-electron chi connectivity index (χ2n) is 5.22. The number of nitrogens with two attached hydrogens (primary N) is 1. The van der Waals surface area contributed by atoms with E-state index >= 15 is 0 Å². The first-order chi connectivity index (χ1) is 7.21. The highest BCUT2D eigenvalue weighted by atomic mass is 127. The molecule has 0 unspecified atom stereocenters. The highest BCUT2D eigenvalue weighted by Gasteiger charge is 2.24. The van der Waals surface area contributed by atoms with E-state index in [0.717, 1.165) is 14.7 Å². The smallest absolute Gasteiger partial charge is 0.133 e. The number of phenolic OH excluding ortho intramolecular Hbond substituents is 1. The summed E-state index contributed by atoms with van der Waals surface area (Å²) in [6, 6.07) is 0. The lowest BCUT2D eigenvalue weighted by Gasteiger charge is -2.27. The molecular formula is C13H21ClINO. The number of hydrogen-bond acceptors (Lipinski definition) is 2. The Morgan fingerprint density at radius 3 is 2.00 bits per heavy atom.